The zero-order chi connectivity index (χ0) is 13.0. The van der Waals surface area contributed by atoms with Crippen LogP contribution in [0.5, 0.6) is 0 Å². The molecular weight excluding hydrogens is 256 g/mol. The summed E-state index contributed by atoms with van der Waals surface area (Å²) in [5, 5.41) is 4.09. The first kappa shape index (κ1) is 13.8. The molecule has 1 nitrogen and oxygen atoms in total. The molecule has 1 saturated carbocycles. The molecule has 0 bridgehead atoms. The minimum absolute atomic E-state index is 0.0157. The van der Waals surface area contributed by atoms with Crippen molar-refractivity contribution in [3.05, 3.63) is 34.9 Å². The SMILES string of the molecule is FC1(F)CCC(NCCc2cccc(Cl)c2)CC1. The van der Waals surface area contributed by atoms with Crippen molar-refractivity contribution in [1.29, 1.82) is 0 Å². The van der Waals surface area contributed by atoms with Crippen molar-refractivity contribution >= 4 is 11.6 Å². The third-order valence-electron chi connectivity index (χ3n) is 3.45. The van der Waals surface area contributed by atoms with E-state index in [-0.39, 0.29) is 18.9 Å². The summed E-state index contributed by atoms with van der Waals surface area (Å²) in [5.74, 6) is -2.44. The lowest BCUT2D eigenvalue weighted by atomic mass is 9.92. The Hall–Kier alpha value is -0.670. The molecule has 1 aromatic rings. The monoisotopic (exact) mass is 273 g/mol. The summed E-state index contributed by atoms with van der Waals surface area (Å²) in [6.45, 7) is 0.816. The van der Waals surface area contributed by atoms with E-state index >= 15 is 0 Å². The Morgan fingerprint density at radius 3 is 2.67 bits per heavy atom. The van der Waals surface area contributed by atoms with Crippen LogP contribution in [0.2, 0.25) is 5.02 Å². The molecule has 2 rings (SSSR count). The van der Waals surface area contributed by atoms with Gasteiger partial charge in [-0.1, -0.05) is 23.7 Å². The summed E-state index contributed by atoms with van der Waals surface area (Å²) < 4.78 is 25.9. The molecule has 0 saturated heterocycles. The average molecular weight is 274 g/mol. The first-order valence-electron chi connectivity index (χ1n) is 6.41. The topological polar surface area (TPSA) is 12.0 Å². The molecule has 1 aliphatic rings. The van der Waals surface area contributed by atoms with Gasteiger partial charge in [-0.3, -0.25) is 0 Å². The lowest BCUT2D eigenvalue weighted by Gasteiger charge is -2.28. The van der Waals surface area contributed by atoms with Gasteiger partial charge in [-0.25, -0.2) is 8.78 Å². The highest BCUT2D eigenvalue weighted by Crippen LogP contribution is 2.32. The second-order valence-electron chi connectivity index (χ2n) is 4.96. The van der Waals surface area contributed by atoms with E-state index in [4.69, 9.17) is 11.6 Å². The Balaban J connectivity index is 1.70. The van der Waals surface area contributed by atoms with Crippen LogP contribution in [0, 0.1) is 0 Å². The van der Waals surface area contributed by atoms with Gasteiger partial charge in [-0.05, 0) is 43.5 Å². The van der Waals surface area contributed by atoms with Gasteiger partial charge in [-0.15, -0.1) is 0 Å². The van der Waals surface area contributed by atoms with Crippen molar-refractivity contribution < 1.29 is 8.78 Å². The number of hydrogen-bond donors (Lipinski definition) is 1. The summed E-state index contributed by atoms with van der Waals surface area (Å²) in [5.41, 5.74) is 1.18. The molecule has 0 spiro atoms. The summed E-state index contributed by atoms with van der Waals surface area (Å²) in [7, 11) is 0. The van der Waals surface area contributed by atoms with Gasteiger partial charge in [0.2, 0.25) is 5.92 Å². The molecule has 0 aromatic heterocycles. The van der Waals surface area contributed by atoms with Gasteiger partial charge in [0.25, 0.3) is 0 Å². The maximum Gasteiger partial charge on any atom is 0.248 e. The zero-order valence-corrected chi connectivity index (χ0v) is 11.0. The van der Waals surface area contributed by atoms with Gasteiger partial charge in [0, 0.05) is 23.9 Å². The minimum Gasteiger partial charge on any atom is -0.314 e. The average Bonchev–Trinajstić information content (AvgIpc) is 2.31. The number of nitrogens with one attached hydrogen (secondary N) is 1. The van der Waals surface area contributed by atoms with Crippen molar-refractivity contribution in [2.24, 2.45) is 0 Å². The van der Waals surface area contributed by atoms with Crippen LogP contribution >= 0.6 is 11.6 Å². The van der Waals surface area contributed by atoms with Crippen LogP contribution < -0.4 is 5.32 Å². The highest BCUT2D eigenvalue weighted by atomic mass is 35.5. The molecule has 1 fully saturated rings. The number of alkyl halides is 2. The maximum atomic E-state index is 13.0. The van der Waals surface area contributed by atoms with Gasteiger partial charge in [0.05, 0.1) is 0 Å². The van der Waals surface area contributed by atoms with Crippen LogP contribution in [-0.2, 0) is 6.42 Å². The van der Waals surface area contributed by atoms with Crippen LogP contribution in [0.25, 0.3) is 0 Å². The fourth-order valence-corrected chi connectivity index (χ4v) is 2.57. The summed E-state index contributed by atoms with van der Waals surface area (Å²) in [6.07, 6.45) is 2.06. The van der Waals surface area contributed by atoms with Crippen molar-refractivity contribution in [1.82, 2.24) is 5.32 Å². The Kier molecular flexibility index (Phi) is 4.57. The van der Waals surface area contributed by atoms with E-state index in [2.05, 4.69) is 5.32 Å². The van der Waals surface area contributed by atoms with E-state index in [1.54, 1.807) is 0 Å². The predicted octanol–water partition coefficient (Wildman–Crippen LogP) is 4.05. The number of rotatable bonds is 4. The van der Waals surface area contributed by atoms with Crippen LogP contribution in [0.1, 0.15) is 31.2 Å². The Morgan fingerprint density at radius 2 is 2.00 bits per heavy atom. The molecule has 0 heterocycles. The fourth-order valence-electron chi connectivity index (χ4n) is 2.36. The second-order valence-corrected chi connectivity index (χ2v) is 5.40. The van der Waals surface area contributed by atoms with E-state index in [1.165, 1.54) is 5.56 Å². The second kappa shape index (κ2) is 5.98. The van der Waals surface area contributed by atoms with Crippen LogP contribution in [0.3, 0.4) is 0 Å². The molecule has 0 radical (unpaired) electrons. The smallest absolute Gasteiger partial charge is 0.248 e. The Labute approximate surface area is 112 Å². The van der Waals surface area contributed by atoms with Crippen molar-refractivity contribution in [3.8, 4) is 0 Å². The zero-order valence-electron chi connectivity index (χ0n) is 10.3. The Morgan fingerprint density at radius 1 is 1.28 bits per heavy atom. The van der Waals surface area contributed by atoms with Gasteiger partial charge in [0.1, 0.15) is 0 Å². The third-order valence-corrected chi connectivity index (χ3v) is 3.69. The molecule has 1 N–H and O–H groups in total. The van der Waals surface area contributed by atoms with Gasteiger partial charge in [0.15, 0.2) is 0 Å². The van der Waals surface area contributed by atoms with Gasteiger partial charge < -0.3 is 5.32 Å². The highest BCUT2D eigenvalue weighted by molar-refractivity contribution is 6.30. The molecule has 0 atom stereocenters. The van der Waals surface area contributed by atoms with Crippen LogP contribution in [0.4, 0.5) is 8.78 Å². The maximum absolute atomic E-state index is 13.0. The molecule has 4 heteroatoms. The first-order valence-corrected chi connectivity index (χ1v) is 6.79. The van der Waals surface area contributed by atoms with E-state index in [1.807, 2.05) is 24.3 Å². The van der Waals surface area contributed by atoms with Crippen LogP contribution in [0.15, 0.2) is 24.3 Å². The summed E-state index contributed by atoms with van der Waals surface area (Å²) in [4.78, 5) is 0. The molecular formula is C14H18ClF2N. The van der Waals surface area contributed by atoms with Gasteiger partial charge >= 0.3 is 0 Å². The minimum atomic E-state index is -2.44. The van der Waals surface area contributed by atoms with Crippen molar-refractivity contribution in [2.75, 3.05) is 6.54 Å². The van der Waals surface area contributed by atoms with Crippen molar-refractivity contribution in [3.63, 3.8) is 0 Å². The van der Waals surface area contributed by atoms with E-state index in [0.717, 1.165) is 18.0 Å². The highest BCUT2D eigenvalue weighted by Gasteiger charge is 2.34. The van der Waals surface area contributed by atoms with E-state index in [9.17, 15) is 8.78 Å². The first-order chi connectivity index (χ1) is 8.55. The molecule has 18 heavy (non-hydrogen) atoms. The van der Waals surface area contributed by atoms with Gasteiger partial charge in [-0.2, -0.15) is 0 Å². The molecule has 1 aliphatic carbocycles. The molecule has 100 valence electrons. The lowest BCUT2D eigenvalue weighted by molar-refractivity contribution is -0.0403. The number of hydrogen-bond acceptors (Lipinski definition) is 1. The normalized spacial score (nSPS) is 19.9. The van der Waals surface area contributed by atoms with E-state index in [0.29, 0.717) is 12.8 Å². The standard InChI is InChI=1S/C14H18ClF2N/c15-12-3-1-2-11(10-12)6-9-18-13-4-7-14(16,17)8-5-13/h1-3,10,13,18H,4-9H2. The number of halogens is 3. The summed E-state index contributed by atoms with van der Waals surface area (Å²) >= 11 is 5.90. The number of benzene rings is 1. The summed E-state index contributed by atoms with van der Waals surface area (Å²) in [6, 6.07) is 7.99. The predicted molar refractivity (Wildman–Crippen MR) is 70.4 cm³/mol. The van der Waals surface area contributed by atoms with E-state index < -0.39 is 5.92 Å². The molecule has 0 amide bonds. The lowest BCUT2D eigenvalue weighted by Crippen LogP contribution is -2.37. The quantitative estimate of drug-likeness (QED) is 0.873. The molecule has 1 aromatic carbocycles. The Bertz CT molecular complexity index is 385. The van der Waals surface area contributed by atoms with Crippen molar-refractivity contribution in [2.45, 2.75) is 44.1 Å². The molecule has 0 unspecified atom stereocenters. The largest absolute Gasteiger partial charge is 0.314 e. The third kappa shape index (κ3) is 4.21. The molecule has 0 aliphatic heterocycles. The fraction of sp³-hybridized carbons (Fsp3) is 0.571. The van der Waals surface area contributed by atoms with Crippen LogP contribution in [-0.4, -0.2) is 18.5 Å².